The van der Waals surface area contributed by atoms with Crippen LogP contribution < -0.4 is 0 Å². The molecule has 1 heterocycles. The maximum absolute atomic E-state index is 11.5. The van der Waals surface area contributed by atoms with E-state index >= 15 is 0 Å². The second-order valence-electron chi connectivity index (χ2n) is 3.81. The maximum atomic E-state index is 11.5. The number of aliphatic carboxylic acids is 1. The second-order valence-corrected chi connectivity index (χ2v) is 3.81. The third-order valence-electron chi connectivity index (χ3n) is 3.14. The SMILES string of the molecule is CCN1CCC(C(=O)O)(C(=O)OC)CC1. The highest BCUT2D eigenvalue weighted by Gasteiger charge is 2.49. The average Bonchev–Trinajstić information content (AvgIpc) is 2.27. The molecule has 0 spiro atoms. The Kier molecular flexibility index (Phi) is 3.68. The van der Waals surface area contributed by atoms with Crippen LogP contribution >= 0.6 is 0 Å². The van der Waals surface area contributed by atoms with Gasteiger partial charge in [0.05, 0.1) is 7.11 Å². The summed E-state index contributed by atoms with van der Waals surface area (Å²) in [6.45, 7) is 4.18. The molecule has 0 amide bonds. The summed E-state index contributed by atoms with van der Waals surface area (Å²) in [5.41, 5.74) is -1.32. The molecule has 0 aromatic rings. The highest BCUT2D eigenvalue weighted by molar-refractivity contribution is 5.99. The molecule has 1 rings (SSSR count). The molecule has 15 heavy (non-hydrogen) atoms. The number of nitrogens with zero attached hydrogens (tertiary/aromatic N) is 1. The monoisotopic (exact) mass is 215 g/mol. The Labute approximate surface area is 89.0 Å². The van der Waals surface area contributed by atoms with Crippen molar-refractivity contribution in [3.05, 3.63) is 0 Å². The molecule has 1 aliphatic rings. The normalized spacial score (nSPS) is 20.9. The zero-order chi connectivity index (χ0) is 11.5. The first kappa shape index (κ1) is 12.0. The van der Waals surface area contributed by atoms with Crippen LogP contribution in [0.1, 0.15) is 19.8 Å². The standard InChI is InChI=1S/C10H17NO4/c1-3-11-6-4-10(5-7-11,8(12)13)9(14)15-2/h3-7H2,1-2H3,(H,12,13). The van der Waals surface area contributed by atoms with Gasteiger partial charge in [-0.2, -0.15) is 0 Å². The first-order chi connectivity index (χ1) is 7.06. The molecule has 0 atom stereocenters. The summed E-state index contributed by atoms with van der Waals surface area (Å²) in [4.78, 5) is 24.8. The number of carboxylic acids is 1. The maximum Gasteiger partial charge on any atom is 0.323 e. The van der Waals surface area contributed by atoms with E-state index < -0.39 is 17.4 Å². The molecule has 0 aliphatic carbocycles. The first-order valence-corrected chi connectivity index (χ1v) is 5.11. The summed E-state index contributed by atoms with van der Waals surface area (Å²) in [5, 5.41) is 9.13. The predicted octanol–water partition coefficient (Wildman–Crippen LogP) is 0.346. The van der Waals surface area contributed by atoms with E-state index in [2.05, 4.69) is 9.64 Å². The first-order valence-electron chi connectivity index (χ1n) is 5.11. The topological polar surface area (TPSA) is 66.8 Å². The molecular formula is C10H17NO4. The molecule has 1 aliphatic heterocycles. The van der Waals surface area contributed by atoms with Crippen LogP contribution in [0.4, 0.5) is 0 Å². The van der Waals surface area contributed by atoms with Crippen LogP contribution in [0.5, 0.6) is 0 Å². The summed E-state index contributed by atoms with van der Waals surface area (Å²) >= 11 is 0. The molecule has 5 heteroatoms. The number of carbonyl (C=O) groups is 2. The molecule has 0 radical (unpaired) electrons. The van der Waals surface area contributed by atoms with E-state index in [-0.39, 0.29) is 0 Å². The Bertz CT molecular complexity index is 256. The Hall–Kier alpha value is -1.10. The van der Waals surface area contributed by atoms with Gasteiger partial charge in [0, 0.05) is 0 Å². The second kappa shape index (κ2) is 4.61. The molecule has 86 valence electrons. The van der Waals surface area contributed by atoms with Crippen LogP contribution in [0.25, 0.3) is 0 Å². The zero-order valence-corrected chi connectivity index (χ0v) is 9.15. The predicted molar refractivity (Wildman–Crippen MR) is 53.4 cm³/mol. The van der Waals surface area contributed by atoms with Crippen molar-refractivity contribution >= 4 is 11.9 Å². The highest BCUT2D eigenvalue weighted by Crippen LogP contribution is 2.33. The van der Waals surface area contributed by atoms with Gasteiger partial charge in [-0.05, 0) is 32.5 Å². The van der Waals surface area contributed by atoms with Crippen molar-refractivity contribution in [1.82, 2.24) is 4.90 Å². The van der Waals surface area contributed by atoms with E-state index in [0.29, 0.717) is 25.9 Å². The smallest absolute Gasteiger partial charge is 0.323 e. The largest absolute Gasteiger partial charge is 0.480 e. The number of carbonyl (C=O) groups excluding carboxylic acids is 1. The summed E-state index contributed by atoms with van der Waals surface area (Å²) in [6.07, 6.45) is 0.672. The van der Waals surface area contributed by atoms with Crippen molar-refractivity contribution in [1.29, 1.82) is 0 Å². The van der Waals surface area contributed by atoms with E-state index in [1.165, 1.54) is 7.11 Å². The molecule has 1 fully saturated rings. The van der Waals surface area contributed by atoms with Gasteiger partial charge >= 0.3 is 11.9 Å². The zero-order valence-electron chi connectivity index (χ0n) is 9.15. The van der Waals surface area contributed by atoms with Gasteiger partial charge in [0.1, 0.15) is 0 Å². The third kappa shape index (κ3) is 2.12. The Morgan fingerprint density at radius 2 is 1.93 bits per heavy atom. The molecule has 1 saturated heterocycles. The Balaban J connectivity index is 2.78. The van der Waals surface area contributed by atoms with Crippen molar-refractivity contribution in [2.24, 2.45) is 5.41 Å². The van der Waals surface area contributed by atoms with Crippen LogP contribution in [0.2, 0.25) is 0 Å². The van der Waals surface area contributed by atoms with Gasteiger partial charge in [0.2, 0.25) is 0 Å². The Morgan fingerprint density at radius 1 is 1.40 bits per heavy atom. The van der Waals surface area contributed by atoms with E-state index in [9.17, 15) is 9.59 Å². The lowest BCUT2D eigenvalue weighted by Crippen LogP contribution is -2.49. The van der Waals surface area contributed by atoms with Gasteiger partial charge in [-0.15, -0.1) is 0 Å². The van der Waals surface area contributed by atoms with E-state index in [4.69, 9.17) is 5.11 Å². The van der Waals surface area contributed by atoms with Gasteiger partial charge in [0.15, 0.2) is 5.41 Å². The summed E-state index contributed by atoms with van der Waals surface area (Å²) in [7, 11) is 1.24. The Morgan fingerprint density at radius 3 is 2.27 bits per heavy atom. The number of esters is 1. The number of hydrogen-bond acceptors (Lipinski definition) is 4. The molecule has 0 aromatic heterocycles. The van der Waals surface area contributed by atoms with E-state index in [1.54, 1.807) is 0 Å². The molecule has 0 saturated carbocycles. The average molecular weight is 215 g/mol. The minimum atomic E-state index is -1.32. The van der Waals surface area contributed by atoms with Gasteiger partial charge in [-0.1, -0.05) is 6.92 Å². The van der Waals surface area contributed by atoms with Crippen LogP contribution in [0, 0.1) is 5.41 Å². The number of rotatable bonds is 3. The van der Waals surface area contributed by atoms with Crippen molar-refractivity contribution < 1.29 is 19.4 Å². The van der Waals surface area contributed by atoms with Gasteiger partial charge in [-0.3, -0.25) is 9.59 Å². The minimum absolute atomic E-state index is 0.336. The fourth-order valence-corrected chi connectivity index (χ4v) is 1.95. The van der Waals surface area contributed by atoms with Crippen molar-refractivity contribution in [3.8, 4) is 0 Å². The summed E-state index contributed by atoms with van der Waals surface area (Å²) in [5.74, 6) is -1.68. The number of hydrogen-bond donors (Lipinski definition) is 1. The quantitative estimate of drug-likeness (QED) is 0.543. The molecular weight excluding hydrogens is 198 g/mol. The van der Waals surface area contributed by atoms with Gasteiger partial charge in [-0.25, -0.2) is 0 Å². The highest BCUT2D eigenvalue weighted by atomic mass is 16.5. The number of methoxy groups -OCH3 is 1. The van der Waals surface area contributed by atoms with Crippen LogP contribution in [0.15, 0.2) is 0 Å². The molecule has 0 bridgehead atoms. The van der Waals surface area contributed by atoms with Crippen LogP contribution in [0.3, 0.4) is 0 Å². The van der Waals surface area contributed by atoms with Crippen LogP contribution in [-0.2, 0) is 14.3 Å². The van der Waals surface area contributed by atoms with Gasteiger partial charge in [0.25, 0.3) is 0 Å². The van der Waals surface area contributed by atoms with Crippen molar-refractivity contribution in [2.75, 3.05) is 26.7 Å². The number of ether oxygens (including phenoxy) is 1. The van der Waals surface area contributed by atoms with E-state index in [0.717, 1.165) is 6.54 Å². The van der Waals surface area contributed by atoms with E-state index in [1.807, 2.05) is 6.92 Å². The van der Waals surface area contributed by atoms with Gasteiger partial charge < -0.3 is 14.7 Å². The molecule has 0 unspecified atom stereocenters. The lowest BCUT2D eigenvalue weighted by molar-refractivity contribution is -0.170. The fourth-order valence-electron chi connectivity index (χ4n) is 1.95. The number of likely N-dealkylation sites (tertiary alicyclic amines) is 1. The van der Waals surface area contributed by atoms with Crippen LogP contribution in [-0.4, -0.2) is 48.7 Å². The third-order valence-corrected chi connectivity index (χ3v) is 3.14. The molecule has 5 nitrogen and oxygen atoms in total. The lowest BCUT2D eigenvalue weighted by atomic mass is 9.78. The minimum Gasteiger partial charge on any atom is -0.480 e. The summed E-state index contributed by atoms with van der Waals surface area (Å²) in [6, 6.07) is 0. The lowest BCUT2D eigenvalue weighted by Gasteiger charge is -2.36. The fraction of sp³-hybridized carbons (Fsp3) is 0.800. The molecule has 0 aromatic carbocycles. The molecule has 1 N–H and O–H groups in total. The van der Waals surface area contributed by atoms with Crippen molar-refractivity contribution in [3.63, 3.8) is 0 Å². The number of piperidine rings is 1. The number of carboxylic acid groups (broad SMARTS) is 1. The van der Waals surface area contributed by atoms with Crippen molar-refractivity contribution in [2.45, 2.75) is 19.8 Å². The summed E-state index contributed by atoms with van der Waals surface area (Å²) < 4.78 is 4.58.